The van der Waals surface area contributed by atoms with E-state index in [0.717, 1.165) is 5.56 Å². The number of rotatable bonds is 6. The maximum absolute atomic E-state index is 12.8. The molecule has 1 aliphatic heterocycles. The lowest BCUT2D eigenvalue weighted by Gasteiger charge is -2.20. The van der Waals surface area contributed by atoms with Gasteiger partial charge < -0.3 is 19.7 Å². The van der Waals surface area contributed by atoms with E-state index in [0.29, 0.717) is 17.9 Å². The molecular weight excluding hydrogens is 424 g/mol. The Balaban J connectivity index is 1.44. The molecule has 2 aromatic carbocycles. The van der Waals surface area contributed by atoms with Crippen LogP contribution < -0.4 is 19.7 Å². The number of fused-ring (bicyclic) bond motifs is 1. The molecule has 166 valence electrons. The summed E-state index contributed by atoms with van der Waals surface area (Å²) in [5, 5.41) is 9.20. The van der Waals surface area contributed by atoms with E-state index in [9.17, 15) is 18.4 Å². The van der Waals surface area contributed by atoms with Crippen molar-refractivity contribution >= 4 is 17.5 Å². The second-order valence-electron chi connectivity index (χ2n) is 7.01. The van der Waals surface area contributed by atoms with Crippen LogP contribution >= 0.6 is 0 Å². The van der Waals surface area contributed by atoms with Gasteiger partial charge in [0.2, 0.25) is 5.82 Å². The second kappa shape index (κ2) is 9.00. The second-order valence-corrected chi connectivity index (χ2v) is 7.01. The number of hydrogen-bond donors (Lipinski definition) is 2. The van der Waals surface area contributed by atoms with E-state index in [1.54, 1.807) is 0 Å². The highest BCUT2D eigenvalue weighted by atomic mass is 19.3. The zero-order chi connectivity index (χ0) is 22.7. The van der Waals surface area contributed by atoms with Gasteiger partial charge in [0.15, 0.2) is 0 Å². The lowest BCUT2D eigenvalue weighted by atomic mass is 10.1. The number of amides is 2. The highest BCUT2D eigenvalue weighted by molar-refractivity contribution is 6.02. The maximum Gasteiger partial charge on any atom is 0.387 e. The summed E-state index contributed by atoms with van der Waals surface area (Å²) in [5.74, 6) is -0.627. The lowest BCUT2D eigenvalue weighted by Crippen LogP contribution is -2.49. The van der Waals surface area contributed by atoms with Crippen LogP contribution in [0.25, 0.3) is 0 Å². The molecule has 1 aromatic heterocycles. The molecule has 0 aliphatic carbocycles. The van der Waals surface area contributed by atoms with Gasteiger partial charge in [-0.1, -0.05) is 30.3 Å². The van der Waals surface area contributed by atoms with Gasteiger partial charge in [0.1, 0.15) is 30.0 Å². The SMILES string of the molecule is CN1C(=O)C(NC(=O)c2n[nH]c(Cc3ccccc3)n2)COc2cc(OC(F)F)ccc21. The highest BCUT2D eigenvalue weighted by Crippen LogP contribution is 2.34. The third kappa shape index (κ3) is 4.66. The molecule has 0 fully saturated rings. The molecule has 2 amide bonds. The van der Waals surface area contributed by atoms with Crippen LogP contribution in [0, 0.1) is 0 Å². The summed E-state index contributed by atoms with van der Waals surface area (Å²) in [5.41, 5.74) is 1.36. The number of likely N-dealkylation sites (N-methyl/N-ethyl adjacent to an activating group) is 1. The summed E-state index contributed by atoms with van der Waals surface area (Å²) in [4.78, 5) is 30.9. The first-order valence-corrected chi connectivity index (χ1v) is 9.66. The molecule has 11 heteroatoms. The third-order valence-corrected chi connectivity index (χ3v) is 4.81. The van der Waals surface area contributed by atoms with Crippen LogP contribution in [0.4, 0.5) is 14.5 Å². The summed E-state index contributed by atoms with van der Waals surface area (Å²) < 4.78 is 34.9. The number of carbonyl (C=O) groups is 2. The van der Waals surface area contributed by atoms with E-state index in [4.69, 9.17) is 4.74 Å². The third-order valence-electron chi connectivity index (χ3n) is 4.81. The van der Waals surface area contributed by atoms with E-state index in [1.165, 1.54) is 30.1 Å². The number of carbonyl (C=O) groups excluding carboxylic acids is 2. The van der Waals surface area contributed by atoms with Gasteiger partial charge in [-0.3, -0.25) is 14.7 Å². The van der Waals surface area contributed by atoms with Gasteiger partial charge in [0.25, 0.3) is 11.8 Å². The van der Waals surface area contributed by atoms with Crippen LogP contribution in [-0.2, 0) is 11.2 Å². The molecule has 1 atom stereocenters. The van der Waals surface area contributed by atoms with Crippen LogP contribution in [0.15, 0.2) is 48.5 Å². The summed E-state index contributed by atoms with van der Waals surface area (Å²) in [6, 6.07) is 12.5. The Hall–Kier alpha value is -4.02. The number of alkyl halides is 2. The van der Waals surface area contributed by atoms with Crippen molar-refractivity contribution in [2.45, 2.75) is 19.1 Å². The predicted octanol–water partition coefficient (Wildman–Crippen LogP) is 2.15. The molecule has 1 unspecified atom stereocenters. The minimum Gasteiger partial charge on any atom is -0.489 e. The Morgan fingerprint density at radius 1 is 1.31 bits per heavy atom. The van der Waals surface area contributed by atoms with Crippen molar-refractivity contribution in [3.63, 3.8) is 0 Å². The molecule has 0 saturated heterocycles. The van der Waals surface area contributed by atoms with Crippen molar-refractivity contribution in [3.8, 4) is 11.5 Å². The summed E-state index contributed by atoms with van der Waals surface area (Å²) in [7, 11) is 1.49. The van der Waals surface area contributed by atoms with Gasteiger partial charge in [0.05, 0.1) is 5.69 Å². The molecule has 3 aromatic rings. The number of ether oxygens (including phenoxy) is 2. The van der Waals surface area contributed by atoms with Crippen LogP contribution in [0.2, 0.25) is 0 Å². The summed E-state index contributed by atoms with van der Waals surface area (Å²) in [6.45, 7) is -3.19. The smallest absolute Gasteiger partial charge is 0.387 e. The van der Waals surface area contributed by atoms with Crippen molar-refractivity contribution in [2.24, 2.45) is 0 Å². The average Bonchev–Trinajstić information content (AvgIpc) is 3.20. The van der Waals surface area contributed by atoms with E-state index in [-0.39, 0.29) is 23.9 Å². The number of benzene rings is 2. The first-order chi connectivity index (χ1) is 15.4. The van der Waals surface area contributed by atoms with E-state index >= 15 is 0 Å². The van der Waals surface area contributed by atoms with Crippen molar-refractivity contribution in [1.29, 1.82) is 0 Å². The number of halogens is 2. The molecule has 4 rings (SSSR count). The number of nitrogens with zero attached hydrogens (tertiary/aromatic N) is 3. The minimum atomic E-state index is -2.99. The number of hydrogen-bond acceptors (Lipinski definition) is 6. The van der Waals surface area contributed by atoms with Gasteiger partial charge in [-0.05, 0) is 17.7 Å². The van der Waals surface area contributed by atoms with E-state index in [2.05, 4.69) is 25.2 Å². The topological polar surface area (TPSA) is 109 Å². The highest BCUT2D eigenvalue weighted by Gasteiger charge is 2.32. The van der Waals surface area contributed by atoms with Crippen molar-refractivity contribution in [2.75, 3.05) is 18.6 Å². The van der Waals surface area contributed by atoms with Crippen molar-refractivity contribution in [3.05, 3.63) is 65.7 Å². The van der Waals surface area contributed by atoms with Crippen LogP contribution in [-0.4, -0.2) is 53.3 Å². The first kappa shape index (κ1) is 21.2. The van der Waals surface area contributed by atoms with Crippen LogP contribution in [0.1, 0.15) is 22.0 Å². The molecule has 1 aliphatic rings. The number of aromatic nitrogens is 3. The fourth-order valence-electron chi connectivity index (χ4n) is 3.25. The molecular formula is C21H19F2N5O4. The Labute approximate surface area is 181 Å². The molecule has 0 saturated carbocycles. The molecule has 0 bridgehead atoms. The molecule has 32 heavy (non-hydrogen) atoms. The van der Waals surface area contributed by atoms with Gasteiger partial charge in [0, 0.05) is 19.5 Å². The molecule has 2 N–H and O–H groups in total. The lowest BCUT2D eigenvalue weighted by molar-refractivity contribution is -0.120. The zero-order valence-electron chi connectivity index (χ0n) is 16.9. The standard InChI is InChI=1S/C21H19F2N5O4/c1-28-15-8-7-13(32-21(22)23)10-16(15)31-11-14(20(28)30)24-19(29)18-25-17(26-27-18)9-12-5-3-2-4-6-12/h2-8,10,14,21H,9,11H2,1H3,(H,24,29)(H,25,26,27). The van der Waals surface area contributed by atoms with Gasteiger partial charge in [-0.15, -0.1) is 5.10 Å². The van der Waals surface area contributed by atoms with E-state index in [1.807, 2.05) is 30.3 Å². The summed E-state index contributed by atoms with van der Waals surface area (Å²) >= 11 is 0. The van der Waals surface area contributed by atoms with E-state index < -0.39 is 24.5 Å². The minimum absolute atomic E-state index is 0.103. The normalized spacial score (nSPS) is 15.7. The fourth-order valence-corrected chi connectivity index (χ4v) is 3.25. The first-order valence-electron chi connectivity index (χ1n) is 9.66. The fraction of sp³-hybridized carbons (Fsp3) is 0.238. The molecule has 9 nitrogen and oxygen atoms in total. The number of aromatic amines is 1. The average molecular weight is 443 g/mol. The number of anilines is 1. The Morgan fingerprint density at radius 3 is 2.84 bits per heavy atom. The summed E-state index contributed by atoms with van der Waals surface area (Å²) in [6.07, 6.45) is 0.466. The molecule has 0 spiro atoms. The molecule has 0 radical (unpaired) electrons. The predicted molar refractivity (Wildman–Crippen MR) is 109 cm³/mol. The maximum atomic E-state index is 12.8. The largest absolute Gasteiger partial charge is 0.489 e. The zero-order valence-corrected chi connectivity index (χ0v) is 16.9. The number of nitrogens with one attached hydrogen (secondary N) is 2. The quantitative estimate of drug-likeness (QED) is 0.604. The van der Waals surface area contributed by atoms with Gasteiger partial charge in [-0.2, -0.15) is 8.78 Å². The van der Waals surface area contributed by atoms with Crippen LogP contribution in [0.3, 0.4) is 0 Å². The van der Waals surface area contributed by atoms with Crippen LogP contribution in [0.5, 0.6) is 11.5 Å². The monoisotopic (exact) mass is 443 g/mol. The van der Waals surface area contributed by atoms with Crippen molar-refractivity contribution < 1.29 is 27.8 Å². The molecule has 2 heterocycles. The van der Waals surface area contributed by atoms with Gasteiger partial charge in [-0.25, -0.2) is 4.98 Å². The van der Waals surface area contributed by atoms with Gasteiger partial charge >= 0.3 is 6.61 Å². The Kier molecular flexibility index (Phi) is 5.97. The number of H-pyrrole nitrogens is 1. The Bertz CT molecular complexity index is 1120. The van der Waals surface area contributed by atoms with Crippen molar-refractivity contribution in [1.82, 2.24) is 20.5 Å². The Morgan fingerprint density at radius 2 is 2.09 bits per heavy atom.